The van der Waals surface area contributed by atoms with Crippen molar-refractivity contribution in [3.8, 4) is 0 Å². The van der Waals surface area contributed by atoms with Gasteiger partial charge in [0.05, 0.1) is 12.3 Å². The molecule has 2 amide bonds. The number of thioether (sulfide) groups is 1. The van der Waals surface area contributed by atoms with Gasteiger partial charge in [-0.15, -0.1) is 10.2 Å². The van der Waals surface area contributed by atoms with Gasteiger partial charge in [-0.25, -0.2) is 0 Å². The monoisotopic (exact) mass is 383 g/mol. The molecule has 0 spiro atoms. The summed E-state index contributed by atoms with van der Waals surface area (Å²) in [6.07, 6.45) is 4.52. The Bertz CT molecular complexity index is 593. The molecule has 0 aromatic carbocycles. The van der Waals surface area contributed by atoms with Gasteiger partial charge in [0.15, 0.2) is 11.0 Å². The third-order valence-electron chi connectivity index (χ3n) is 4.29. The lowest BCUT2D eigenvalue weighted by Crippen LogP contribution is -2.31. The van der Waals surface area contributed by atoms with Gasteiger partial charge in [-0.3, -0.25) is 9.59 Å². The zero-order valence-electron chi connectivity index (χ0n) is 15.7. The zero-order chi connectivity index (χ0) is 18.8. The van der Waals surface area contributed by atoms with Crippen molar-refractivity contribution in [2.24, 2.45) is 0 Å². The average Bonchev–Trinajstić information content (AvgIpc) is 2.91. The molecular formula is C17H29N5O3S. The van der Waals surface area contributed by atoms with Crippen LogP contribution in [-0.4, -0.2) is 64.0 Å². The van der Waals surface area contributed by atoms with Gasteiger partial charge in [0, 0.05) is 39.8 Å². The van der Waals surface area contributed by atoms with Crippen molar-refractivity contribution in [1.29, 1.82) is 0 Å². The SMILES string of the molecule is CCn1c(CN2CCCCCC2=O)nnc1SCC(=O)NCCCOC. The third-order valence-corrected chi connectivity index (χ3v) is 5.26. The number of carbonyl (C=O) groups excluding carboxylic acids is 2. The summed E-state index contributed by atoms with van der Waals surface area (Å²) in [5.74, 6) is 1.25. The van der Waals surface area contributed by atoms with E-state index in [1.165, 1.54) is 11.8 Å². The molecule has 0 radical (unpaired) electrons. The maximum absolute atomic E-state index is 12.2. The molecule has 1 aromatic heterocycles. The molecule has 8 nitrogen and oxygen atoms in total. The van der Waals surface area contributed by atoms with E-state index in [9.17, 15) is 9.59 Å². The van der Waals surface area contributed by atoms with Gasteiger partial charge >= 0.3 is 0 Å². The number of nitrogens with one attached hydrogen (secondary N) is 1. The van der Waals surface area contributed by atoms with Crippen molar-refractivity contribution < 1.29 is 14.3 Å². The molecule has 1 saturated heterocycles. The summed E-state index contributed by atoms with van der Waals surface area (Å²) in [6, 6.07) is 0. The number of rotatable bonds is 10. The highest BCUT2D eigenvalue weighted by molar-refractivity contribution is 7.99. The number of ether oxygens (including phenoxy) is 1. The summed E-state index contributed by atoms with van der Waals surface area (Å²) >= 11 is 1.37. The minimum absolute atomic E-state index is 0.0268. The van der Waals surface area contributed by atoms with Crippen LogP contribution in [0.2, 0.25) is 0 Å². The van der Waals surface area contributed by atoms with Crippen molar-refractivity contribution >= 4 is 23.6 Å². The second-order valence-electron chi connectivity index (χ2n) is 6.25. The van der Waals surface area contributed by atoms with E-state index in [0.29, 0.717) is 38.4 Å². The van der Waals surface area contributed by atoms with E-state index >= 15 is 0 Å². The minimum atomic E-state index is -0.0268. The van der Waals surface area contributed by atoms with Crippen LogP contribution >= 0.6 is 11.8 Å². The second kappa shape index (κ2) is 11.2. The topological polar surface area (TPSA) is 89.4 Å². The maximum Gasteiger partial charge on any atom is 0.230 e. The van der Waals surface area contributed by atoms with Gasteiger partial charge in [0.25, 0.3) is 0 Å². The van der Waals surface area contributed by atoms with Crippen molar-refractivity contribution in [1.82, 2.24) is 25.0 Å². The van der Waals surface area contributed by atoms with Crippen LogP contribution in [0.25, 0.3) is 0 Å². The highest BCUT2D eigenvalue weighted by Gasteiger charge is 2.20. The first kappa shape index (κ1) is 20.7. The zero-order valence-corrected chi connectivity index (χ0v) is 16.5. The number of amides is 2. The molecule has 0 unspecified atom stereocenters. The first-order valence-corrected chi connectivity index (χ1v) is 10.2. The van der Waals surface area contributed by atoms with E-state index in [2.05, 4.69) is 15.5 Å². The Morgan fingerprint density at radius 3 is 2.92 bits per heavy atom. The van der Waals surface area contributed by atoms with Gasteiger partial charge in [-0.1, -0.05) is 18.2 Å². The van der Waals surface area contributed by atoms with Crippen LogP contribution in [-0.2, 0) is 27.4 Å². The molecular weight excluding hydrogens is 354 g/mol. The van der Waals surface area contributed by atoms with Crippen LogP contribution in [0.4, 0.5) is 0 Å². The molecule has 9 heteroatoms. The number of likely N-dealkylation sites (tertiary alicyclic amines) is 1. The molecule has 1 fully saturated rings. The average molecular weight is 384 g/mol. The summed E-state index contributed by atoms with van der Waals surface area (Å²) in [4.78, 5) is 26.0. The first-order valence-electron chi connectivity index (χ1n) is 9.24. The first-order chi connectivity index (χ1) is 12.7. The molecule has 1 aliphatic heterocycles. The lowest BCUT2D eigenvalue weighted by Gasteiger charge is -2.20. The molecule has 146 valence electrons. The molecule has 2 heterocycles. The van der Waals surface area contributed by atoms with Crippen LogP contribution in [0.5, 0.6) is 0 Å². The highest BCUT2D eigenvalue weighted by Crippen LogP contribution is 2.19. The summed E-state index contributed by atoms with van der Waals surface area (Å²) in [5, 5.41) is 12.1. The Balaban J connectivity index is 1.88. The van der Waals surface area contributed by atoms with E-state index in [4.69, 9.17) is 4.74 Å². The number of aromatic nitrogens is 3. The van der Waals surface area contributed by atoms with Crippen molar-refractivity contribution in [2.45, 2.75) is 57.3 Å². The molecule has 2 rings (SSSR count). The lowest BCUT2D eigenvalue weighted by molar-refractivity contribution is -0.131. The Morgan fingerprint density at radius 2 is 2.15 bits per heavy atom. The molecule has 0 saturated carbocycles. The molecule has 0 aliphatic carbocycles. The quantitative estimate of drug-likeness (QED) is 0.486. The van der Waals surface area contributed by atoms with Crippen LogP contribution in [0, 0.1) is 0 Å². The predicted molar refractivity (Wildman–Crippen MR) is 99.8 cm³/mol. The number of methoxy groups -OCH3 is 1. The van der Waals surface area contributed by atoms with E-state index in [-0.39, 0.29) is 11.8 Å². The van der Waals surface area contributed by atoms with E-state index in [1.54, 1.807) is 7.11 Å². The van der Waals surface area contributed by atoms with Gasteiger partial charge in [-0.2, -0.15) is 0 Å². The number of hydrogen-bond donors (Lipinski definition) is 1. The largest absolute Gasteiger partial charge is 0.385 e. The van der Waals surface area contributed by atoms with Crippen LogP contribution in [0.3, 0.4) is 0 Å². The van der Waals surface area contributed by atoms with E-state index in [0.717, 1.165) is 43.2 Å². The fourth-order valence-corrected chi connectivity index (χ4v) is 3.71. The summed E-state index contributed by atoms with van der Waals surface area (Å²) in [5.41, 5.74) is 0. The van der Waals surface area contributed by atoms with Crippen molar-refractivity contribution in [3.63, 3.8) is 0 Å². The number of carbonyl (C=O) groups is 2. The van der Waals surface area contributed by atoms with E-state index < -0.39 is 0 Å². The number of hydrogen-bond acceptors (Lipinski definition) is 6. The third kappa shape index (κ3) is 6.28. The van der Waals surface area contributed by atoms with E-state index in [1.807, 2.05) is 16.4 Å². The molecule has 1 N–H and O–H groups in total. The Morgan fingerprint density at radius 1 is 1.31 bits per heavy atom. The molecule has 1 aromatic rings. The van der Waals surface area contributed by atoms with Gasteiger partial charge < -0.3 is 19.5 Å². The molecule has 26 heavy (non-hydrogen) atoms. The summed E-state index contributed by atoms with van der Waals surface area (Å²) < 4.78 is 6.94. The van der Waals surface area contributed by atoms with Crippen molar-refractivity contribution in [3.05, 3.63) is 5.82 Å². The Kier molecular flexibility index (Phi) is 8.90. The van der Waals surface area contributed by atoms with Gasteiger partial charge in [0.2, 0.25) is 11.8 Å². The number of nitrogens with zero attached hydrogens (tertiary/aromatic N) is 4. The lowest BCUT2D eigenvalue weighted by atomic mass is 10.2. The predicted octanol–water partition coefficient (Wildman–Crippen LogP) is 1.45. The Hall–Kier alpha value is -1.61. The van der Waals surface area contributed by atoms with Crippen LogP contribution in [0.1, 0.15) is 44.9 Å². The second-order valence-corrected chi connectivity index (χ2v) is 7.20. The summed E-state index contributed by atoms with van der Waals surface area (Å²) in [6.45, 7) is 5.24. The van der Waals surface area contributed by atoms with Crippen LogP contribution in [0.15, 0.2) is 5.16 Å². The molecule has 0 atom stereocenters. The fourth-order valence-electron chi connectivity index (χ4n) is 2.86. The van der Waals surface area contributed by atoms with Gasteiger partial charge in [0.1, 0.15) is 0 Å². The summed E-state index contributed by atoms with van der Waals surface area (Å²) in [7, 11) is 1.64. The van der Waals surface area contributed by atoms with Gasteiger partial charge in [-0.05, 0) is 26.2 Å². The molecule has 0 bridgehead atoms. The Labute approximate surface area is 159 Å². The van der Waals surface area contributed by atoms with Crippen LogP contribution < -0.4 is 5.32 Å². The minimum Gasteiger partial charge on any atom is -0.385 e. The van der Waals surface area contributed by atoms with Crippen molar-refractivity contribution in [2.75, 3.05) is 32.6 Å². The standard InChI is InChI=1S/C17H29N5O3S/c1-3-22-14(12-21-10-6-4-5-8-16(21)24)19-20-17(22)26-13-15(23)18-9-7-11-25-2/h3-13H2,1-2H3,(H,18,23). The maximum atomic E-state index is 12.2. The normalized spacial score (nSPS) is 15.2. The smallest absolute Gasteiger partial charge is 0.230 e. The highest BCUT2D eigenvalue weighted by atomic mass is 32.2. The molecule has 1 aliphatic rings. The fraction of sp³-hybridized carbons (Fsp3) is 0.765.